The number of rotatable bonds is 3. The molecule has 0 fully saturated rings. The van der Waals surface area contributed by atoms with E-state index in [0.717, 1.165) is 17.8 Å². The number of carbonyl (C=O) groups is 1. The number of hydrogen-bond donors (Lipinski definition) is 1. The van der Waals surface area contributed by atoms with Gasteiger partial charge in [-0.15, -0.1) is 11.8 Å². The molecule has 14 heavy (non-hydrogen) atoms. The van der Waals surface area contributed by atoms with Crippen molar-refractivity contribution in [2.45, 2.75) is 11.3 Å². The van der Waals surface area contributed by atoms with Crippen LogP contribution in [0.4, 0.5) is 8.78 Å². The van der Waals surface area contributed by atoms with Crippen LogP contribution in [0.2, 0.25) is 0 Å². The van der Waals surface area contributed by atoms with Crippen molar-refractivity contribution in [2.24, 2.45) is 0 Å². The zero-order chi connectivity index (χ0) is 10.7. The van der Waals surface area contributed by atoms with Crippen LogP contribution in [0.5, 0.6) is 0 Å². The highest BCUT2D eigenvalue weighted by Crippen LogP contribution is 2.29. The zero-order valence-electron chi connectivity index (χ0n) is 7.33. The van der Waals surface area contributed by atoms with Gasteiger partial charge in [-0.1, -0.05) is 6.07 Å². The van der Waals surface area contributed by atoms with Crippen LogP contribution in [0, 0.1) is 0 Å². The molecule has 1 aromatic rings. The highest BCUT2D eigenvalue weighted by atomic mass is 32.2. The smallest absolute Gasteiger partial charge is 0.335 e. The first-order valence-electron chi connectivity index (χ1n) is 3.75. The van der Waals surface area contributed by atoms with Crippen molar-refractivity contribution in [3.05, 3.63) is 29.3 Å². The summed E-state index contributed by atoms with van der Waals surface area (Å²) in [5.74, 6) is -1.11. The fraction of sp³-hybridized carbons (Fsp3) is 0.222. The van der Waals surface area contributed by atoms with Crippen LogP contribution in [0.15, 0.2) is 23.1 Å². The average molecular weight is 218 g/mol. The fourth-order valence-corrected chi connectivity index (χ4v) is 1.66. The Morgan fingerprint density at radius 2 is 2.14 bits per heavy atom. The second-order valence-corrected chi connectivity index (χ2v) is 3.41. The van der Waals surface area contributed by atoms with Gasteiger partial charge in [-0.25, -0.2) is 13.6 Å². The molecule has 0 heterocycles. The lowest BCUT2D eigenvalue weighted by atomic mass is 10.1. The highest BCUT2D eigenvalue weighted by molar-refractivity contribution is 7.98. The number of thioether (sulfide) groups is 1. The van der Waals surface area contributed by atoms with E-state index in [4.69, 9.17) is 5.11 Å². The Hall–Kier alpha value is -1.10. The van der Waals surface area contributed by atoms with E-state index in [1.165, 1.54) is 12.1 Å². The molecule has 0 bridgehead atoms. The van der Waals surface area contributed by atoms with Crippen LogP contribution in [-0.4, -0.2) is 17.3 Å². The van der Waals surface area contributed by atoms with Crippen molar-refractivity contribution in [3.63, 3.8) is 0 Å². The molecule has 1 N–H and O–H groups in total. The van der Waals surface area contributed by atoms with Crippen LogP contribution in [-0.2, 0) is 0 Å². The lowest BCUT2D eigenvalue weighted by molar-refractivity contribution is 0.0696. The third-order valence-electron chi connectivity index (χ3n) is 1.72. The molecule has 0 unspecified atom stereocenters. The van der Waals surface area contributed by atoms with Gasteiger partial charge in [-0.05, 0) is 18.4 Å². The Bertz CT molecular complexity index is 353. The predicted octanol–water partition coefficient (Wildman–Crippen LogP) is 3.04. The Balaban J connectivity index is 3.18. The van der Waals surface area contributed by atoms with Crippen molar-refractivity contribution in [1.29, 1.82) is 0 Å². The lowest BCUT2D eigenvalue weighted by Gasteiger charge is -2.06. The summed E-state index contributed by atoms with van der Waals surface area (Å²) in [6.07, 6.45) is -0.937. The number of carboxylic acid groups (broad SMARTS) is 1. The Morgan fingerprint density at radius 1 is 1.50 bits per heavy atom. The first-order valence-corrected chi connectivity index (χ1v) is 4.98. The van der Waals surface area contributed by atoms with E-state index in [1.54, 1.807) is 6.26 Å². The van der Waals surface area contributed by atoms with E-state index in [1.807, 2.05) is 0 Å². The first kappa shape index (κ1) is 11.0. The molecule has 76 valence electrons. The summed E-state index contributed by atoms with van der Waals surface area (Å²) in [4.78, 5) is 10.9. The van der Waals surface area contributed by atoms with Gasteiger partial charge in [0.2, 0.25) is 0 Å². The van der Waals surface area contributed by atoms with E-state index < -0.39 is 12.4 Å². The van der Waals surface area contributed by atoms with Crippen LogP contribution >= 0.6 is 11.8 Å². The van der Waals surface area contributed by atoms with Gasteiger partial charge in [0.15, 0.2) is 0 Å². The molecule has 0 saturated heterocycles. The van der Waals surface area contributed by atoms with Gasteiger partial charge in [0.25, 0.3) is 6.43 Å². The maximum atomic E-state index is 12.4. The van der Waals surface area contributed by atoms with Crippen molar-refractivity contribution in [3.8, 4) is 0 Å². The van der Waals surface area contributed by atoms with Gasteiger partial charge in [0, 0.05) is 10.5 Å². The second-order valence-electron chi connectivity index (χ2n) is 2.56. The summed E-state index contributed by atoms with van der Waals surface area (Å²) in [6.45, 7) is 0. The van der Waals surface area contributed by atoms with Crippen molar-refractivity contribution >= 4 is 17.7 Å². The first-order chi connectivity index (χ1) is 6.56. The number of benzene rings is 1. The largest absolute Gasteiger partial charge is 0.478 e. The molecule has 0 radical (unpaired) electrons. The molecule has 2 nitrogen and oxygen atoms in total. The van der Waals surface area contributed by atoms with Crippen LogP contribution in [0.3, 0.4) is 0 Å². The summed E-state index contributed by atoms with van der Waals surface area (Å²) in [6, 6.07) is 3.60. The summed E-state index contributed by atoms with van der Waals surface area (Å²) >= 11 is 1.11. The minimum absolute atomic E-state index is 0.0266. The molecule has 0 atom stereocenters. The van der Waals surface area contributed by atoms with Crippen molar-refractivity contribution < 1.29 is 18.7 Å². The van der Waals surface area contributed by atoms with E-state index in [9.17, 15) is 13.6 Å². The third-order valence-corrected chi connectivity index (χ3v) is 2.51. The monoisotopic (exact) mass is 218 g/mol. The minimum atomic E-state index is -2.57. The average Bonchev–Trinajstić information content (AvgIpc) is 2.16. The molecule has 5 heteroatoms. The number of aromatic carboxylic acids is 1. The molecule has 0 spiro atoms. The number of alkyl halides is 2. The van der Waals surface area contributed by atoms with Crippen molar-refractivity contribution in [1.82, 2.24) is 0 Å². The Labute approximate surface area is 83.9 Å². The Kier molecular flexibility index (Phi) is 3.46. The summed E-state index contributed by atoms with van der Waals surface area (Å²) in [7, 11) is 0. The zero-order valence-corrected chi connectivity index (χ0v) is 8.15. The van der Waals surface area contributed by atoms with Crippen LogP contribution in [0.25, 0.3) is 0 Å². The number of halogens is 2. The standard InChI is InChI=1S/C9H8F2O2S/c1-14-7-4-5(9(12)13)2-3-6(7)8(10)11/h2-4,8H,1H3,(H,12,13). The highest BCUT2D eigenvalue weighted by Gasteiger charge is 2.14. The summed E-state index contributed by atoms with van der Waals surface area (Å²) in [5.41, 5.74) is -0.0961. The minimum Gasteiger partial charge on any atom is -0.478 e. The number of carboxylic acids is 1. The van der Waals surface area contributed by atoms with E-state index in [2.05, 4.69) is 0 Å². The molecule has 0 amide bonds. The maximum Gasteiger partial charge on any atom is 0.335 e. The molecule has 0 aromatic heterocycles. The maximum absolute atomic E-state index is 12.4. The molecule has 1 aromatic carbocycles. The predicted molar refractivity (Wildman–Crippen MR) is 50.1 cm³/mol. The van der Waals surface area contributed by atoms with Gasteiger partial charge in [-0.2, -0.15) is 0 Å². The van der Waals surface area contributed by atoms with Gasteiger partial charge in [0.1, 0.15) is 0 Å². The fourth-order valence-electron chi connectivity index (χ4n) is 1.02. The molecular formula is C9H8F2O2S. The molecular weight excluding hydrogens is 210 g/mol. The Morgan fingerprint density at radius 3 is 2.57 bits per heavy atom. The molecule has 0 aliphatic rings. The molecule has 0 aliphatic carbocycles. The van der Waals surface area contributed by atoms with Crippen molar-refractivity contribution in [2.75, 3.05) is 6.26 Å². The summed E-state index contributed by atoms with van der Waals surface area (Å²) < 4.78 is 24.8. The normalized spacial score (nSPS) is 10.6. The number of hydrogen-bond acceptors (Lipinski definition) is 2. The molecule has 0 saturated carbocycles. The lowest BCUT2D eigenvalue weighted by Crippen LogP contribution is -1.98. The third kappa shape index (κ3) is 2.23. The van der Waals surface area contributed by atoms with Gasteiger partial charge >= 0.3 is 5.97 Å². The van der Waals surface area contributed by atoms with E-state index in [-0.39, 0.29) is 11.1 Å². The second kappa shape index (κ2) is 4.41. The van der Waals surface area contributed by atoms with E-state index >= 15 is 0 Å². The van der Waals surface area contributed by atoms with Crippen LogP contribution < -0.4 is 0 Å². The summed E-state index contributed by atoms with van der Waals surface area (Å²) in [5, 5.41) is 8.64. The van der Waals surface area contributed by atoms with Gasteiger partial charge in [0.05, 0.1) is 5.56 Å². The topological polar surface area (TPSA) is 37.3 Å². The van der Waals surface area contributed by atoms with E-state index in [0.29, 0.717) is 4.90 Å². The van der Waals surface area contributed by atoms with Crippen LogP contribution in [0.1, 0.15) is 22.3 Å². The molecule has 1 rings (SSSR count). The van der Waals surface area contributed by atoms with Gasteiger partial charge < -0.3 is 5.11 Å². The molecule has 0 aliphatic heterocycles. The van der Waals surface area contributed by atoms with Gasteiger partial charge in [-0.3, -0.25) is 0 Å². The quantitative estimate of drug-likeness (QED) is 0.792. The SMILES string of the molecule is CSc1cc(C(=O)O)ccc1C(F)F.